The van der Waals surface area contributed by atoms with E-state index < -0.39 is 5.97 Å². The molecule has 0 amide bonds. The molecule has 14 heavy (non-hydrogen) atoms. The Morgan fingerprint density at radius 3 is 2.64 bits per heavy atom. The van der Waals surface area contributed by atoms with Gasteiger partial charge < -0.3 is 5.11 Å². The highest BCUT2D eigenvalue weighted by atomic mass is 16.4. The van der Waals surface area contributed by atoms with Gasteiger partial charge in [-0.15, -0.1) is 0 Å². The van der Waals surface area contributed by atoms with Crippen molar-refractivity contribution in [3.63, 3.8) is 0 Å². The zero-order valence-electron chi connectivity index (χ0n) is 8.31. The van der Waals surface area contributed by atoms with Crippen LogP contribution in [0.3, 0.4) is 0 Å². The van der Waals surface area contributed by atoms with Crippen molar-refractivity contribution in [3.05, 3.63) is 30.1 Å². The summed E-state index contributed by atoms with van der Waals surface area (Å²) in [7, 11) is 0. The number of aryl methyl sites for hydroxylation is 1. The molecule has 0 bridgehead atoms. The number of carboxylic acids is 1. The van der Waals surface area contributed by atoms with Gasteiger partial charge in [0.05, 0.1) is 5.92 Å². The van der Waals surface area contributed by atoms with E-state index in [2.05, 4.69) is 4.98 Å². The van der Waals surface area contributed by atoms with E-state index in [1.165, 1.54) is 0 Å². The Balaban J connectivity index is 2.44. The highest BCUT2D eigenvalue weighted by Gasteiger charge is 2.14. The molecule has 0 spiro atoms. The SMILES string of the molecule is CCC(CCc1ccncc1)C(=O)O. The molecule has 1 heterocycles. The molecule has 1 aromatic rings. The third-order valence-electron chi connectivity index (χ3n) is 2.37. The van der Waals surface area contributed by atoms with Gasteiger partial charge in [-0.2, -0.15) is 0 Å². The maximum atomic E-state index is 10.7. The number of aromatic nitrogens is 1. The number of hydrogen-bond donors (Lipinski definition) is 1. The lowest BCUT2D eigenvalue weighted by Crippen LogP contribution is -2.13. The number of hydrogen-bond acceptors (Lipinski definition) is 2. The van der Waals surface area contributed by atoms with E-state index in [9.17, 15) is 4.79 Å². The first-order chi connectivity index (χ1) is 6.74. The number of carbonyl (C=O) groups is 1. The maximum Gasteiger partial charge on any atom is 0.306 e. The lowest BCUT2D eigenvalue weighted by molar-refractivity contribution is -0.142. The zero-order valence-corrected chi connectivity index (χ0v) is 8.31. The quantitative estimate of drug-likeness (QED) is 0.779. The van der Waals surface area contributed by atoms with E-state index in [1.54, 1.807) is 12.4 Å². The van der Waals surface area contributed by atoms with Gasteiger partial charge in [0.2, 0.25) is 0 Å². The normalized spacial score (nSPS) is 12.4. The van der Waals surface area contributed by atoms with Gasteiger partial charge in [-0.3, -0.25) is 9.78 Å². The average Bonchev–Trinajstić information content (AvgIpc) is 2.20. The summed E-state index contributed by atoms with van der Waals surface area (Å²) in [5.74, 6) is -0.912. The van der Waals surface area contributed by atoms with E-state index in [-0.39, 0.29) is 5.92 Å². The van der Waals surface area contributed by atoms with Crippen LogP contribution in [0.5, 0.6) is 0 Å². The molecule has 0 saturated carbocycles. The summed E-state index contributed by atoms with van der Waals surface area (Å²) < 4.78 is 0. The molecule has 1 rings (SSSR count). The third kappa shape index (κ3) is 3.17. The van der Waals surface area contributed by atoms with Crippen molar-refractivity contribution in [2.24, 2.45) is 5.92 Å². The first kappa shape index (κ1) is 10.7. The molecule has 1 N–H and O–H groups in total. The molecule has 3 nitrogen and oxygen atoms in total. The van der Waals surface area contributed by atoms with Crippen LogP contribution in [0.25, 0.3) is 0 Å². The van der Waals surface area contributed by atoms with Gasteiger partial charge in [-0.25, -0.2) is 0 Å². The largest absolute Gasteiger partial charge is 0.481 e. The first-order valence-corrected chi connectivity index (χ1v) is 4.85. The molecule has 0 radical (unpaired) electrons. The zero-order chi connectivity index (χ0) is 10.4. The van der Waals surface area contributed by atoms with Crippen molar-refractivity contribution in [2.75, 3.05) is 0 Å². The van der Waals surface area contributed by atoms with Crippen molar-refractivity contribution < 1.29 is 9.90 Å². The summed E-state index contributed by atoms with van der Waals surface area (Å²) in [6, 6.07) is 3.85. The molecule has 0 aliphatic rings. The lowest BCUT2D eigenvalue weighted by Gasteiger charge is -2.08. The number of carboxylic acid groups (broad SMARTS) is 1. The highest BCUT2D eigenvalue weighted by molar-refractivity contribution is 5.69. The van der Waals surface area contributed by atoms with Crippen LogP contribution in [-0.4, -0.2) is 16.1 Å². The van der Waals surface area contributed by atoms with Gasteiger partial charge in [-0.1, -0.05) is 6.92 Å². The molecule has 0 fully saturated rings. The number of nitrogens with zero attached hydrogens (tertiary/aromatic N) is 1. The van der Waals surface area contributed by atoms with E-state index in [4.69, 9.17) is 5.11 Å². The fourth-order valence-electron chi connectivity index (χ4n) is 1.39. The van der Waals surface area contributed by atoms with Crippen molar-refractivity contribution in [3.8, 4) is 0 Å². The Morgan fingerprint density at radius 1 is 1.50 bits per heavy atom. The molecule has 0 aliphatic heterocycles. The van der Waals surface area contributed by atoms with Crippen LogP contribution in [0.1, 0.15) is 25.3 Å². The summed E-state index contributed by atoms with van der Waals surface area (Å²) in [4.78, 5) is 14.7. The molecular formula is C11H15NO2. The molecular weight excluding hydrogens is 178 g/mol. The minimum atomic E-state index is -0.693. The standard InChI is InChI=1S/C11H15NO2/c1-2-10(11(13)14)4-3-9-5-7-12-8-6-9/h5-8,10H,2-4H2,1H3,(H,13,14). The molecule has 3 heteroatoms. The summed E-state index contributed by atoms with van der Waals surface area (Å²) in [5.41, 5.74) is 1.15. The third-order valence-corrected chi connectivity index (χ3v) is 2.37. The van der Waals surface area contributed by atoms with Gasteiger partial charge in [-0.05, 0) is 37.0 Å². The van der Waals surface area contributed by atoms with Gasteiger partial charge in [0.1, 0.15) is 0 Å². The van der Waals surface area contributed by atoms with Crippen LogP contribution < -0.4 is 0 Å². The van der Waals surface area contributed by atoms with Crippen molar-refractivity contribution in [1.29, 1.82) is 0 Å². The topological polar surface area (TPSA) is 50.2 Å². The Bertz CT molecular complexity index is 285. The smallest absolute Gasteiger partial charge is 0.306 e. The second-order valence-electron chi connectivity index (χ2n) is 3.34. The minimum Gasteiger partial charge on any atom is -0.481 e. The lowest BCUT2D eigenvalue weighted by atomic mass is 9.98. The number of pyridine rings is 1. The minimum absolute atomic E-state index is 0.219. The summed E-state index contributed by atoms with van der Waals surface area (Å²) in [6.45, 7) is 1.91. The Kier molecular flexibility index (Phi) is 4.11. The predicted octanol–water partition coefficient (Wildman–Crippen LogP) is 2.12. The van der Waals surface area contributed by atoms with E-state index in [0.29, 0.717) is 12.8 Å². The molecule has 0 aromatic carbocycles. The second kappa shape index (κ2) is 5.37. The van der Waals surface area contributed by atoms with Gasteiger partial charge in [0, 0.05) is 12.4 Å². The highest BCUT2D eigenvalue weighted by Crippen LogP contribution is 2.12. The summed E-state index contributed by atoms with van der Waals surface area (Å²) in [6.07, 6.45) is 5.68. The predicted molar refractivity (Wildman–Crippen MR) is 54.0 cm³/mol. The second-order valence-corrected chi connectivity index (χ2v) is 3.34. The molecule has 0 saturated heterocycles. The van der Waals surface area contributed by atoms with Crippen LogP contribution in [0.15, 0.2) is 24.5 Å². The van der Waals surface area contributed by atoms with E-state index in [0.717, 1.165) is 12.0 Å². The Hall–Kier alpha value is -1.38. The fourth-order valence-corrected chi connectivity index (χ4v) is 1.39. The number of aliphatic carboxylic acids is 1. The van der Waals surface area contributed by atoms with Crippen molar-refractivity contribution >= 4 is 5.97 Å². The first-order valence-electron chi connectivity index (χ1n) is 4.85. The van der Waals surface area contributed by atoms with Crippen molar-refractivity contribution in [1.82, 2.24) is 4.98 Å². The number of rotatable bonds is 5. The molecule has 1 unspecified atom stereocenters. The molecule has 1 atom stereocenters. The summed E-state index contributed by atoms with van der Waals surface area (Å²) in [5, 5.41) is 8.84. The molecule has 0 aliphatic carbocycles. The monoisotopic (exact) mass is 193 g/mol. The average molecular weight is 193 g/mol. The summed E-state index contributed by atoms with van der Waals surface area (Å²) >= 11 is 0. The van der Waals surface area contributed by atoms with Gasteiger partial charge in [0.15, 0.2) is 0 Å². The van der Waals surface area contributed by atoms with E-state index in [1.807, 2.05) is 19.1 Å². The Morgan fingerprint density at radius 2 is 2.14 bits per heavy atom. The molecule has 76 valence electrons. The van der Waals surface area contributed by atoms with Gasteiger partial charge >= 0.3 is 5.97 Å². The maximum absolute atomic E-state index is 10.7. The van der Waals surface area contributed by atoms with Crippen LogP contribution in [0.2, 0.25) is 0 Å². The van der Waals surface area contributed by atoms with Crippen molar-refractivity contribution in [2.45, 2.75) is 26.2 Å². The molecule has 1 aromatic heterocycles. The van der Waals surface area contributed by atoms with Crippen LogP contribution in [0, 0.1) is 5.92 Å². The Labute approximate surface area is 83.8 Å². The van der Waals surface area contributed by atoms with Crippen LogP contribution in [-0.2, 0) is 11.2 Å². The van der Waals surface area contributed by atoms with Crippen LogP contribution >= 0.6 is 0 Å². The fraction of sp³-hybridized carbons (Fsp3) is 0.455. The van der Waals surface area contributed by atoms with Crippen LogP contribution in [0.4, 0.5) is 0 Å². The van der Waals surface area contributed by atoms with E-state index >= 15 is 0 Å². The van der Waals surface area contributed by atoms with Gasteiger partial charge in [0.25, 0.3) is 0 Å².